The minimum absolute atomic E-state index is 0.220. The van der Waals surface area contributed by atoms with E-state index >= 15 is 0 Å². The van der Waals surface area contributed by atoms with E-state index in [0.717, 1.165) is 16.3 Å². The fourth-order valence-electron chi connectivity index (χ4n) is 2.69. The van der Waals surface area contributed by atoms with Crippen LogP contribution in [0.3, 0.4) is 0 Å². The van der Waals surface area contributed by atoms with E-state index in [4.69, 9.17) is 11.0 Å². The van der Waals surface area contributed by atoms with Crippen LogP contribution in [0.15, 0.2) is 54.6 Å². The molecule has 4 nitrogen and oxygen atoms in total. The maximum atomic E-state index is 12.6. The Balaban J connectivity index is 1.96. The summed E-state index contributed by atoms with van der Waals surface area (Å²) in [6.07, 6.45) is 3.55. The molecule has 2 atom stereocenters. The van der Waals surface area contributed by atoms with Crippen LogP contribution in [0.5, 0.6) is 0 Å². The van der Waals surface area contributed by atoms with Gasteiger partial charge in [0.25, 0.3) is 0 Å². The Kier molecular flexibility index (Phi) is 3.43. The molecule has 104 valence electrons. The molecule has 0 saturated heterocycles. The molecule has 2 N–H and O–H groups in total. The Hall–Kier alpha value is -2.64. The molecule has 1 unspecified atom stereocenters. The maximum Gasteiger partial charge on any atom is 0.245 e. The van der Waals surface area contributed by atoms with Crippen molar-refractivity contribution < 1.29 is 4.79 Å². The van der Waals surface area contributed by atoms with Gasteiger partial charge in [0.1, 0.15) is 12.1 Å². The number of benzene rings is 2. The molecule has 2 aromatic carbocycles. The first kappa shape index (κ1) is 13.3. The Morgan fingerprint density at radius 1 is 1.29 bits per heavy atom. The van der Waals surface area contributed by atoms with Crippen LogP contribution in [0.4, 0.5) is 0 Å². The molecule has 0 bridgehead atoms. The monoisotopic (exact) mass is 277 g/mol. The molecule has 0 fully saturated rings. The van der Waals surface area contributed by atoms with Crippen molar-refractivity contribution in [3.05, 3.63) is 60.2 Å². The zero-order valence-corrected chi connectivity index (χ0v) is 11.4. The summed E-state index contributed by atoms with van der Waals surface area (Å²) in [4.78, 5) is 14.1. The van der Waals surface area contributed by atoms with Crippen LogP contribution in [0.1, 0.15) is 11.6 Å². The molecular formula is C17H15N3O. The maximum absolute atomic E-state index is 12.6. The van der Waals surface area contributed by atoms with Crippen molar-refractivity contribution in [2.75, 3.05) is 6.54 Å². The summed E-state index contributed by atoms with van der Waals surface area (Å²) in [6, 6.07) is 14.4. The van der Waals surface area contributed by atoms with Gasteiger partial charge in [-0.25, -0.2) is 0 Å². The number of nitriles is 1. The first-order chi connectivity index (χ1) is 10.2. The van der Waals surface area contributed by atoms with Gasteiger partial charge in [-0.05, 0) is 22.4 Å². The number of hydrogen-bond acceptors (Lipinski definition) is 3. The van der Waals surface area contributed by atoms with E-state index in [1.165, 1.54) is 4.90 Å². The highest BCUT2D eigenvalue weighted by atomic mass is 16.2. The van der Waals surface area contributed by atoms with Crippen molar-refractivity contribution in [2.45, 2.75) is 12.1 Å². The van der Waals surface area contributed by atoms with Gasteiger partial charge < -0.3 is 10.6 Å². The first-order valence-electron chi connectivity index (χ1n) is 6.82. The number of fused-ring (bicyclic) bond motifs is 1. The Morgan fingerprint density at radius 3 is 2.86 bits per heavy atom. The molecule has 4 heteroatoms. The molecule has 21 heavy (non-hydrogen) atoms. The molecule has 0 radical (unpaired) electrons. The quantitative estimate of drug-likeness (QED) is 0.855. The Bertz CT molecular complexity index is 755. The zero-order chi connectivity index (χ0) is 14.8. The largest absolute Gasteiger partial charge is 0.318 e. The highest BCUT2D eigenvalue weighted by Crippen LogP contribution is 2.25. The van der Waals surface area contributed by atoms with E-state index in [0.29, 0.717) is 6.54 Å². The molecular weight excluding hydrogens is 262 g/mol. The van der Waals surface area contributed by atoms with Crippen molar-refractivity contribution in [3.63, 3.8) is 0 Å². The number of nitrogens with two attached hydrogens (primary N) is 1. The van der Waals surface area contributed by atoms with Crippen molar-refractivity contribution in [1.29, 1.82) is 5.26 Å². The second-order valence-corrected chi connectivity index (χ2v) is 5.04. The molecule has 0 aliphatic carbocycles. The van der Waals surface area contributed by atoms with Gasteiger partial charge in [0, 0.05) is 6.54 Å². The third-order valence-corrected chi connectivity index (χ3v) is 3.80. The second-order valence-electron chi connectivity index (χ2n) is 5.04. The average molecular weight is 277 g/mol. The third kappa shape index (κ3) is 2.28. The summed E-state index contributed by atoms with van der Waals surface area (Å²) < 4.78 is 0. The molecule has 3 rings (SSSR count). The highest BCUT2D eigenvalue weighted by molar-refractivity contribution is 5.93. The topological polar surface area (TPSA) is 70.1 Å². The van der Waals surface area contributed by atoms with Gasteiger partial charge in [-0.2, -0.15) is 5.26 Å². The lowest BCUT2D eigenvalue weighted by molar-refractivity contribution is -0.132. The van der Waals surface area contributed by atoms with E-state index in [2.05, 4.69) is 6.07 Å². The number of hydrogen-bond donors (Lipinski definition) is 1. The Morgan fingerprint density at radius 2 is 2.05 bits per heavy atom. The summed E-state index contributed by atoms with van der Waals surface area (Å²) in [5.74, 6) is -0.220. The lowest BCUT2D eigenvalue weighted by Gasteiger charge is -2.24. The van der Waals surface area contributed by atoms with Crippen LogP contribution in [0.25, 0.3) is 10.8 Å². The van der Waals surface area contributed by atoms with E-state index in [1.807, 2.05) is 48.5 Å². The fraction of sp³-hybridized carbons (Fsp3) is 0.176. The van der Waals surface area contributed by atoms with Crippen LogP contribution < -0.4 is 5.73 Å². The van der Waals surface area contributed by atoms with Crippen LogP contribution in [-0.4, -0.2) is 23.4 Å². The summed E-state index contributed by atoms with van der Waals surface area (Å²) in [6.45, 7) is 0.440. The summed E-state index contributed by atoms with van der Waals surface area (Å²) >= 11 is 0. The summed E-state index contributed by atoms with van der Waals surface area (Å²) in [5, 5.41) is 11.1. The predicted octanol–water partition coefficient (Wildman–Crippen LogP) is 2.13. The third-order valence-electron chi connectivity index (χ3n) is 3.80. The van der Waals surface area contributed by atoms with E-state index in [1.54, 1.807) is 6.08 Å². The van der Waals surface area contributed by atoms with Crippen LogP contribution in [0.2, 0.25) is 0 Å². The van der Waals surface area contributed by atoms with Gasteiger partial charge in [0.05, 0.1) is 6.07 Å². The van der Waals surface area contributed by atoms with Crippen molar-refractivity contribution >= 4 is 16.7 Å². The number of amides is 1. The Labute approximate surface area is 123 Å². The van der Waals surface area contributed by atoms with Crippen LogP contribution in [0, 0.1) is 11.3 Å². The summed E-state index contributed by atoms with van der Waals surface area (Å²) in [7, 11) is 0. The molecule has 0 saturated carbocycles. The van der Waals surface area contributed by atoms with Gasteiger partial charge in [-0.3, -0.25) is 4.79 Å². The number of carbonyl (C=O) groups excluding carboxylic acids is 1. The van der Waals surface area contributed by atoms with Gasteiger partial charge in [0.2, 0.25) is 5.91 Å². The fourth-order valence-corrected chi connectivity index (χ4v) is 2.69. The van der Waals surface area contributed by atoms with Crippen LogP contribution >= 0.6 is 0 Å². The molecule has 1 aliphatic heterocycles. The number of rotatable bonds is 2. The highest BCUT2D eigenvalue weighted by Gasteiger charge is 2.29. The lowest BCUT2D eigenvalue weighted by atomic mass is 9.98. The molecule has 1 heterocycles. The second kappa shape index (κ2) is 5.39. The van der Waals surface area contributed by atoms with Gasteiger partial charge in [-0.1, -0.05) is 48.5 Å². The van der Waals surface area contributed by atoms with Crippen molar-refractivity contribution in [3.8, 4) is 6.07 Å². The van der Waals surface area contributed by atoms with E-state index < -0.39 is 12.1 Å². The van der Waals surface area contributed by atoms with Gasteiger partial charge in [-0.15, -0.1) is 0 Å². The van der Waals surface area contributed by atoms with Crippen LogP contribution in [-0.2, 0) is 4.79 Å². The van der Waals surface area contributed by atoms with Gasteiger partial charge in [0.15, 0.2) is 0 Å². The first-order valence-corrected chi connectivity index (χ1v) is 6.82. The minimum atomic E-state index is -0.758. The van der Waals surface area contributed by atoms with Gasteiger partial charge >= 0.3 is 0 Å². The number of nitrogens with zero attached hydrogens (tertiary/aromatic N) is 2. The predicted molar refractivity (Wildman–Crippen MR) is 81.1 cm³/mol. The van der Waals surface area contributed by atoms with E-state index in [9.17, 15) is 4.79 Å². The standard InChI is InChI=1S/C17H15N3O/c18-11-13-7-4-10-20(13)17(21)16(19)15-9-3-6-12-5-1-2-8-14(12)15/h1-9,13,16H,10,19H2/t13-,16?/m0/s1. The van der Waals surface area contributed by atoms with E-state index in [-0.39, 0.29) is 5.91 Å². The molecule has 0 spiro atoms. The molecule has 1 amide bonds. The smallest absolute Gasteiger partial charge is 0.245 e. The molecule has 2 aromatic rings. The average Bonchev–Trinajstić information content (AvgIpc) is 3.01. The van der Waals surface area contributed by atoms with Crippen molar-refractivity contribution in [1.82, 2.24) is 4.90 Å². The summed E-state index contributed by atoms with van der Waals surface area (Å²) in [5.41, 5.74) is 6.97. The lowest BCUT2D eigenvalue weighted by Crippen LogP contribution is -2.41. The zero-order valence-electron chi connectivity index (χ0n) is 11.4. The van der Waals surface area contributed by atoms with Crippen molar-refractivity contribution in [2.24, 2.45) is 5.73 Å². The normalized spacial score (nSPS) is 18.7. The molecule has 1 aliphatic rings. The molecule has 0 aromatic heterocycles. The SMILES string of the molecule is N#C[C@@H]1C=CCN1C(=O)C(N)c1cccc2ccccc12. The minimum Gasteiger partial charge on any atom is -0.318 e. The number of carbonyl (C=O) groups is 1.